The molecule has 0 aliphatic rings. The molecule has 4 nitrogen and oxygen atoms in total. The number of benzene rings is 1. The summed E-state index contributed by atoms with van der Waals surface area (Å²) < 4.78 is 13.4. The molecule has 2 N–H and O–H groups in total. The third-order valence-electron chi connectivity index (χ3n) is 2.54. The van der Waals surface area contributed by atoms with Gasteiger partial charge in [-0.15, -0.1) is 11.8 Å². The Morgan fingerprint density at radius 3 is 2.79 bits per heavy atom. The number of rotatable bonds is 7. The van der Waals surface area contributed by atoms with E-state index in [1.54, 1.807) is 25.2 Å². The van der Waals surface area contributed by atoms with Gasteiger partial charge in [0.25, 0.3) is 0 Å². The summed E-state index contributed by atoms with van der Waals surface area (Å²) in [5.41, 5.74) is 0.471. The summed E-state index contributed by atoms with van der Waals surface area (Å²) in [4.78, 5) is 13.2. The molecule has 0 saturated carbocycles. The predicted molar refractivity (Wildman–Crippen MR) is 73.3 cm³/mol. The van der Waals surface area contributed by atoms with E-state index in [0.29, 0.717) is 11.3 Å². The summed E-state index contributed by atoms with van der Waals surface area (Å²) >= 11 is 1.24. The van der Waals surface area contributed by atoms with E-state index < -0.39 is 6.10 Å². The van der Waals surface area contributed by atoms with Crippen molar-refractivity contribution in [2.75, 3.05) is 25.2 Å². The van der Waals surface area contributed by atoms with Crippen molar-refractivity contribution in [2.24, 2.45) is 0 Å². The first-order valence-electron chi connectivity index (χ1n) is 5.88. The van der Waals surface area contributed by atoms with E-state index in [4.69, 9.17) is 10.2 Å². The molecule has 0 saturated heterocycles. The van der Waals surface area contributed by atoms with Gasteiger partial charge in [-0.25, -0.2) is 4.39 Å². The highest BCUT2D eigenvalue weighted by molar-refractivity contribution is 7.99. The van der Waals surface area contributed by atoms with Crippen LogP contribution in [0.5, 0.6) is 0 Å². The van der Waals surface area contributed by atoms with Crippen molar-refractivity contribution in [3.05, 3.63) is 35.6 Å². The summed E-state index contributed by atoms with van der Waals surface area (Å²) in [6.07, 6.45) is -0.810. The van der Waals surface area contributed by atoms with E-state index in [0.717, 1.165) is 0 Å². The molecule has 0 fully saturated rings. The lowest BCUT2D eigenvalue weighted by atomic mass is 10.2. The van der Waals surface area contributed by atoms with E-state index in [-0.39, 0.29) is 30.6 Å². The van der Waals surface area contributed by atoms with E-state index in [1.165, 1.54) is 22.7 Å². The molecule has 0 spiro atoms. The van der Waals surface area contributed by atoms with Crippen LogP contribution in [-0.2, 0) is 11.3 Å². The van der Waals surface area contributed by atoms with Crippen molar-refractivity contribution in [2.45, 2.75) is 12.6 Å². The molecule has 1 unspecified atom stereocenters. The van der Waals surface area contributed by atoms with Crippen LogP contribution in [0.15, 0.2) is 24.3 Å². The molecule has 0 aliphatic carbocycles. The quantitative estimate of drug-likeness (QED) is 0.781. The van der Waals surface area contributed by atoms with Crippen LogP contribution in [0.2, 0.25) is 0 Å². The fourth-order valence-corrected chi connectivity index (χ4v) is 2.31. The van der Waals surface area contributed by atoms with Crippen LogP contribution in [0.1, 0.15) is 5.56 Å². The van der Waals surface area contributed by atoms with Crippen molar-refractivity contribution >= 4 is 17.7 Å². The number of carbonyl (C=O) groups excluding carboxylic acids is 1. The average Bonchev–Trinajstić information content (AvgIpc) is 2.40. The number of aliphatic hydroxyl groups is 2. The number of nitrogens with zero attached hydrogens (tertiary/aromatic N) is 1. The van der Waals surface area contributed by atoms with Crippen molar-refractivity contribution in [1.29, 1.82) is 0 Å². The smallest absolute Gasteiger partial charge is 0.232 e. The monoisotopic (exact) mass is 287 g/mol. The van der Waals surface area contributed by atoms with Gasteiger partial charge >= 0.3 is 0 Å². The van der Waals surface area contributed by atoms with Crippen LogP contribution < -0.4 is 0 Å². The highest BCUT2D eigenvalue weighted by atomic mass is 32.2. The Bertz CT molecular complexity index is 417. The van der Waals surface area contributed by atoms with Gasteiger partial charge in [0, 0.05) is 24.9 Å². The Kier molecular flexibility index (Phi) is 6.83. The van der Waals surface area contributed by atoms with Gasteiger partial charge in [0.15, 0.2) is 0 Å². The Labute approximate surface area is 116 Å². The van der Waals surface area contributed by atoms with E-state index in [2.05, 4.69) is 0 Å². The first-order valence-corrected chi connectivity index (χ1v) is 7.04. The van der Waals surface area contributed by atoms with Crippen molar-refractivity contribution < 1.29 is 19.4 Å². The lowest BCUT2D eigenvalue weighted by Gasteiger charge is -2.17. The van der Waals surface area contributed by atoms with Gasteiger partial charge in [0.05, 0.1) is 18.5 Å². The topological polar surface area (TPSA) is 60.8 Å². The van der Waals surface area contributed by atoms with Gasteiger partial charge in [-0.3, -0.25) is 4.79 Å². The number of thioether (sulfide) groups is 1. The fourth-order valence-electron chi connectivity index (χ4n) is 1.42. The van der Waals surface area contributed by atoms with Gasteiger partial charge in [-0.1, -0.05) is 18.2 Å². The van der Waals surface area contributed by atoms with Crippen molar-refractivity contribution in [3.63, 3.8) is 0 Å². The molecule has 0 aromatic heterocycles. The third-order valence-corrected chi connectivity index (χ3v) is 3.61. The Hall–Kier alpha value is -1.11. The van der Waals surface area contributed by atoms with Gasteiger partial charge < -0.3 is 15.1 Å². The molecule has 106 valence electrons. The zero-order chi connectivity index (χ0) is 14.3. The van der Waals surface area contributed by atoms with Gasteiger partial charge in [-0.2, -0.15) is 0 Å². The summed E-state index contributed by atoms with van der Waals surface area (Å²) in [7, 11) is 1.61. The Balaban J connectivity index is 2.39. The maximum absolute atomic E-state index is 13.4. The molecule has 0 bridgehead atoms. The van der Waals surface area contributed by atoms with Gasteiger partial charge in [0.1, 0.15) is 5.82 Å². The minimum absolute atomic E-state index is 0.140. The first kappa shape index (κ1) is 15.9. The average molecular weight is 287 g/mol. The van der Waals surface area contributed by atoms with Crippen LogP contribution in [0.25, 0.3) is 0 Å². The first-order chi connectivity index (χ1) is 9.04. The van der Waals surface area contributed by atoms with Crippen LogP contribution in [0, 0.1) is 5.82 Å². The zero-order valence-corrected chi connectivity index (χ0v) is 11.6. The molecule has 19 heavy (non-hydrogen) atoms. The molecule has 1 rings (SSSR count). The van der Waals surface area contributed by atoms with Crippen molar-refractivity contribution in [1.82, 2.24) is 4.90 Å². The van der Waals surface area contributed by atoms with Crippen LogP contribution in [-0.4, -0.2) is 52.3 Å². The zero-order valence-electron chi connectivity index (χ0n) is 10.8. The molecule has 0 aliphatic heterocycles. The van der Waals surface area contributed by atoms with Gasteiger partial charge in [0.2, 0.25) is 5.91 Å². The number of amides is 1. The number of halogens is 1. The van der Waals surface area contributed by atoms with Crippen LogP contribution >= 0.6 is 11.8 Å². The minimum atomic E-state index is -0.810. The second-order valence-electron chi connectivity index (χ2n) is 4.19. The van der Waals surface area contributed by atoms with Crippen LogP contribution in [0.4, 0.5) is 4.39 Å². The number of aliphatic hydroxyl groups excluding tert-OH is 2. The standard InChI is InChI=1S/C13H18FNO3S/c1-15(6-10-4-2-3-5-12(10)14)13(18)9-19-8-11(17)7-16/h2-5,11,16-17H,6-9H2,1H3. The van der Waals surface area contributed by atoms with E-state index in [9.17, 15) is 9.18 Å². The second kappa shape index (κ2) is 8.14. The fraction of sp³-hybridized carbons (Fsp3) is 0.462. The molecule has 6 heteroatoms. The maximum atomic E-state index is 13.4. The summed E-state index contributed by atoms with van der Waals surface area (Å²) in [6.45, 7) is -0.0964. The van der Waals surface area contributed by atoms with E-state index in [1.807, 2.05) is 0 Å². The number of hydrogen-bond acceptors (Lipinski definition) is 4. The predicted octanol–water partition coefficient (Wildman–Crippen LogP) is 0.871. The normalized spacial score (nSPS) is 12.2. The highest BCUT2D eigenvalue weighted by Crippen LogP contribution is 2.10. The third kappa shape index (κ3) is 5.59. The maximum Gasteiger partial charge on any atom is 0.232 e. The largest absolute Gasteiger partial charge is 0.394 e. The van der Waals surface area contributed by atoms with Crippen LogP contribution in [0.3, 0.4) is 0 Å². The lowest BCUT2D eigenvalue weighted by molar-refractivity contribution is -0.127. The summed E-state index contributed by atoms with van der Waals surface area (Å²) in [5, 5.41) is 17.8. The molecule has 1 amide bonds. The molecule has 0 radical (unpaired) electrons. The number of carbonyl (C=O) groups is 1. The second-order valence-corrected chi connectivity index (χ2v) is 5.22. The SMILES string of the molecule is CN(Cc1ccccc1F)C(=O)CSCC(O)CO. The summed E-state index contributed by atoms with van der Waals surface area (Å²) in [5.74, 6) is 0.0292. The molecular formula is C13H18FNO3S. The molecule has 0 heterocycles. The Morgan fingerprint density at radius 2 is 2.16 bits per heavy atom. The lowest BCUT2D eigenvalue weighted by Crippen LogP contribution is -2.29. The van der Waals surface area contributed by atoms with Gasteiger partial charge in [-0.05, 0) is 6.07 Å². The minimum Gasteiger partial charge on any atom is -0.394 e. The summed E-state index contributed by atoms with van der Waals surface area (Å²) in [6, 6.07) is 6.33. The van der Waals surface area contributed by atoms with E-state index >= 15 is 0 Å². The van der Waals surface area contributed by atoms with Crippen molar-refractivity contribution in [3.8, 4) is 0 Å². The Morgan fingerprint density at radius 1 is 1.47 bits per heavy atom. The molecular weight excluding hydrogens is 269 g/mol. The highest BCUT2D eigenvalue weighted by Gasteiger charge is 2.12. The molecule has 1 atom stereocenters. The molecule has 1 aromatic carbocycles. The number of hydrogen-bond donors (Lipinski definition) is 2. The molecule has 1 aromatic rings.